The Labute approximate surface area is 132 Å². The number of nitrogens with one attached hydrogen (secondary N) is 1. The molecule has 3 N–H and O–H groups in total. The molecule has 98 valence electrons. The van der Waals surface area contributed by atoms with E-state index in [1.807, 2.05) is 0 Å². The maximum absolute atomic E-state index is 12.1. The van der Waals surface area contributed by atoms with Crippen LogP contribution in [-0.2, 0) is 0 Å². The Morgan fingerprint density at radius 3 is 2.53 bits per heavy atom. The number of halogens is 3. The molecule has 19 heavy (non-hydrogen) atoms. The monoisotopic (exact) mass is 402 g/mol. The van der Waals surface area contributed by atoms with E-state index >= 15 is 0 Å². The minimum absolute atomic E-state index is 0.270. The van der Waals surface area contributed by atoms with Gasteiger partial charge in [-0.3, -0.25) is 4.79 Å². The Hall–Kier alpha value is -1.04. The van der Waals surface area contributed by atoms with E-state index in [2.05, 4.69) is 37.2 Å². The fraction of sp³-hybridized carbons (Fsp3) is 0. The number of benzene rings is 2. The molecule has 0 aliphatic heterocycles. The van der Waals surface area contributed by atoms with Crippen LogP contribution in [-0.4, -0.2) is 5.91 Å². The summed E-state index contributed by atoms with van der Waals surface area (Å²) in [5.74, 6) is -0.270. The molecule has 0 aromatic heterocycles. The summed E-state index contributed by atoms with van der Waals surface area (Å²) in [4.78, 5) is 12.1. The molecule has 0 fully saturated rings. The van der Waals surface area contributed by atoms with Gasteiger partial charge in [0.15, 0.2) is 0 Å². The summed E-state index contributed by atoms with van der Waals surface area (Å²) in [5.41, 5.74) is 7.29. The molecule has 2 aromatic carbocycles. The predicted molar refractivity (Wildman–Crippen MR) is 85.7 cm³/mol. The van der Waals surface area contributed by atoms with Gasteiger partial charge >= 0.3 is 0 Å². The van der Waals surface area contributed by atoms with E-state index in [1.165, 1.54) is 0 Å². The van der Waals surface area contributed by atoms with Crippen LogP contribution in [0, 0.1) is 0 Å². The van der Waals surface area contributed by atoms with Crippen molar-refractivity contribution in [1.82, 2.24) is 0 Å². The topological polar surface area (TPSA) is 55.1 Å². The number of carbonyl (C=O) groups excluding carboxylic acids is 1. The molecule has 3 nitrogen and oxygen atoms in total. The third kappa shape index (κ3) is 3.49. The van der Waals surface area contributed by atoms with Gasteiger partial charge in [-0.1, -0.05) is 27.5 Å². The maximum atomic E-state index is 12.1. The quantitative estimate of drug-likeness (QED) is 0.713. The molecular formula is C13H9Br2ClN2O. The lowest BCUT2D eigenvalue weighted by Crippen LogP contribution is -2.14. The molecule has 0 bridgehead atoms. The van der Waals surface area contributed by atoms with Crippen molar-refractivity contribution >= 4 is 60.7 Å². The molecular weight excluding hydrogens is 395 g/mol. The lowest BCUT2D eigenvalue weighted by atomic mass is 10.1. The average Bonchev–Trinajstić information content (AvgIpc) is 2.32. The number of amides is 1. The van der Waals surface area contributed by atoms with Crippen LogP contribution in [0.25, 0.3) is 0 Å². The van der Waals surface area contributed by atoms with Crippen molar-refractivity contribution in [3.05, 3.63) is 55.9 Å². The molecule has 0 unspecified atom stereocenters. The first-order valence-electron chi connectivity index (χ1n) is 5.29. The first-order valence-corrected chi connectivity index (χ1v) is 7.25. The van der Waals surface area contributed by atoms with Crippen molar-refractivity contribution in [3.63, 3.8) is 0 Å². The molecule has 0 spiro atoms. The molecule has 0 saturated carbocycles. The minimum Gasteiger partial charge on any atom is -0.398 e. The van der Waals surface area contributed by atoms with Gasteiger partial charge in [-0.25, -0.2) is 0 Å². The Bertz CT molecular complexity index is 647. The second-order valence-electron chi connectivity index (χ2n) is 3.81. The molecule has 0 aliphatic carbocycles. The lowest BCUT2D eigenvalue weighted by molar-refractivity contribution is 0.102. The second kappa shape index (κ2) is 5.94. The van der Waals surface area contributed by atoms with Crippen molar-refractivity contribution in [3.8, 4) is 0 Å². The number of nitrogen functional groups attached to an aromatic ring is 1. The van der Waals surface area contributed by atoms with Gasteiger partial charge in [0.2, 0.25) is 0 Å². The van der Waals surface area contributed by atoms with Crippen molar-refractivity contribution < 1.29 is 4.79 Å². The molecule has 6 heteroatoms. The van der Waals surface area contributed by atoms with Gasteiger partial charge in [0, 0.05) is 19.7 Å². The number of anilines is 2. The van der Waals surface area contributed by atoms with Gasteiger partial charge < -0.3 is 11.1 Å². The fourth-order valence-corrected chi connectivity index (χ4v) is 2.68. The van der Waals surface area contributed by atoms with Gasteiger partial charge in [-0.2, -0.15) is 0 Å². The van der Waals surface area contributed by atoms with Crippen LogP contribution in [0.1, 0.15) is 10.4 Å². The Kier molecular flexibility index (Phi) is 4.50. The van der Waals surface area contributed by atoms with Crippen molar-refractivity contribution in [2.75, 3.05) is 11.1 Å². The summed E-state index contributed by atoms with van der Waals surface area (Å²) in [6.45, 7) is 0. The Morgan fingerprint density at radius 2 is 1.89 bits per heavy atom. The highest BCUT2D eigenvalue weighted by Gasteiger charge is 2.11. The highest BCUT2D eigenvalue weighted by Crippen LogP contribution is 2.27. The van der Waals surface area contributed by atoms with E-state index in [4.69, 9.17) is 17.3 Å². The highest BCUT2D eigenvalue weighted by atomic mass is 79.9. The summed E-state index contributed by atoms with van der Waals surface area (Å²) in [5, 5.41) is 3.37. The van der Waals surface area contributed by atoms with E-state index < -0.39 is 0 Å². The SMILES string of the molecule is Nc1cc(Br)ccc1C(=O)Nc1ccc(Cl)cc1Br. The Morgan fingerprint density at radius 1 is 1.16 bits per heavy atom. The zero-order chi connectivity index (χ0) is 14.0. The van der Waals surface area contributed by atoms with Gasteiger partial charge in [-0.15, -0.1) is 0 Å². The van der Waals surface area contributed by atoms with Gasteiger partial charge in [0.05, 0.1) is 11.3 Å². The number of hydrogen-bond donors (Lipinski definition) is 2. The maximum Gasteiger partial charge on any atom is 0.257 e. The minimum atomic E-state index is -0.270. The van der Waals surface area contributed by atoms with Crippen LogP contribution >= 0.6 is 43.5 Å². The highest BCUT2D eigenvalue weighted by molar-refractivity contribution is 9.10. The molecule has 0 saturated heterocycles. The van der Waals surface area contributed by atoms with Crippen LogP contribution < -0.4 is 11.1 Å². The number of rotatable bonds is 2. The van der Waals surface area contributed by atoms with Crippen LogP contribution in [0.4, 0.5) is 11.4 Å². The van der Waals surface area contributed by atoms with E-state index in [0.29, 0.717) is 26.4 Å². The van der Waals surface area contributed by atoms with Crippen LogP contribution in [0.2, 0.25) is 5.02 Å². The Balaban J connectivity index is 2.25. The van der Waals surface area contributed by atoms with E-state index in [9.17, 15) is 4.79 Å². The van der Waals surface area contributed by atoms with Crippen molar-refractivity contribution in [2.45, 2.75) is 0 Å². The number of carbonyl (C=O) groups is 1. The molecule has 2 aromatic rings. The van der Waals surface area contributed by atoms with E-state index in [1.54, 1.807) is 36.4 Å². The average molecular weight is 404 g/mol. The fourth-order valence-electron chi connectivity index (χ4n) is 1.52. The largest absolute Gasteiger partial charge is 0.398 e. The smallest absolute Gasteiger partial charge is 0.257 e. The molecule has 2 rings (SSSR count). The van der Waals surface area contributed by atoms with Crippen molar-refractivity contribution in [1.29, 1.82) is 0 Å². The van der Waals surface area contributed by atoms with Crippen LogP contribution in [0.3, 0.4) is 0 Å². The van der Waals surface area contributed by atoms with Crippen LogP contribution in [0.15, 0.2) is 45.3 Å². The van der Waals surface area contributed by atoms with E-state index in [0.717, 1.165) is 4.47 Å². The lowest BCUT2D eigenvalue weighted by Gasteiger charge is -2.09. The molecule has 0 radical (unpaired) electrons. The zero-order valence-electron chi connectivity index (χ0n) is 9.58. The van der Waals surface area contributed by atoms with Crippen LogP contribution in [0.5, 0.6) is 0 Å². The second-order valence-corrected chi connectivity index (χ2v) is 6.02. The standard InChI is InChI=1S/C13H9Br2ClN2O/c14-7-1-3-9(11(17)5-7)13(19)18-12-4-2-8(16)6-10(12)15/h1-6H,17H2,(H,18,19). The summed E-state index contributed by atoms with van der Waals surface area (Å²) in [6, 6.07) is 10.3. The van der Waals surface area contributed by atoms with Gasteiger partial charge in [-0.05, 0) is 52.3 Å². The third-order valence-corrected chi connectivity index (χ3v) is 3.82. The predicted octanol–water partition coefficient (Wildman–Crippen LogP) is 4.70. The van der Waals surface area contributed by atoms with E-state index in [-0.39, 0.29) is 5.91 Å². The zero-order valence-corrected chi connectivity index (χ0v) is 13.5. The number of hydrogen-bond acceptors (Lipinski definition) is 2. The summed E-state index contributed by atoms with van der Waals surface area (Å²) in [7, 11) is 0. The summed E-state index contributed by atoms with van der Waals surface area (Å²) in [6.07, 6.45) is 0. The molecule has 0 heterocycles. The third-order valence-electron chi connectivity index (χ3n) is 2.44. The normalized spacial score (nSPS) is 10.3. The van der Waals surface area contributed by atoms with Gasteiger partial charge in [0.25, 0.3) is 5.91 Å². The molecule has 1 amide bonds. The summed E-state index contributed by atoms with van der Waals surface area (Å²) < 4.78 is 1.54. The molecule has 0 atom stereocenters. The number of nitrogens with two attached hydrogens (primary N) is 1. The molecule has 0 aliphatic rings. The van der Waals surface area contributed by atoms with Crippen molar-refractivity contribution in [2.24, 2.45) is 0 Å². The summed E-state index contributed by atoms with van der Waals surface area (Å²) >= 11 is 12.5. The first kappa shape index (κ1) is 14.4. The first-order chi connectivity index (χ1) is 8.97. The van der Waals surface area contributed by atoms with Gasteiger partial charge in [0.1, 0.15) is 0 Å².